The van der Waals surface area contributed by atoms with E-state index in [1.807, 2.05) is 0 Å². The highest BCUT2D eigenvalue weighted by atomic mass is 19.4. The van der Waals surface area contributed by atoms with Gasteiger partial charge in [-0.15, -0.1) is 0 Å². The number of amides is 1. The van der Waals surface area contributed by atoms with Crippen LogP contribution in [-0.2, 0) is 17.5 Å². The van der Waals surface area contributed by atoms with E-state index in [-0.39, 0.29) is 25.5 Å². The summed E-state index contributed by atoms with van der Waals surface area (Å²) in [6.07, 6.45) is -4.36. The van der Waals surface area contributed by atoms with Crippen LogP contribution < -0.4 is 5.32 Å². The summed E-state index contributed by atoms with van der Waals surface area (Å²) in [5, 5.41) is 11.0. The average Bonchev–Trinajstić information content (AvgIpc) is 2.26. The van der Waals surface area contributed by atoms with Gasteiger partial charge in [-0.3, -0.25) is 4.79 Å². The standard InChI is InChI=1S/C11H12F3NO2/c12-11(13,14)9-3-1-8(2-4-9)7-15-10(17)5-6-16/h1-4,16H,5-7H2,(H,15,17). The Morgan fingerprint density at radius 1 is 1.24 bits per heavy atom. The quantitative estimate of drug-likeness (QED) is 0.850. The number of aliphatic hydroxyl groups excluding tert-OH is 1. The molecule has 1 aromatic rings. The van der Waals surface area contributed by atoms with Gasteiger partial charge in [0.05, 0.1) is 12.2 Å². The number of nitrogens with one attached hydrogen (secondary N) is 1. The van der Waals surface area contributed by atoms with E-state index in [9.17, 15) is 18.0 Å². The van der Waals surface area contributed by atoms with Crippen molar-refractivity contribution in [2.45, 2.75) is 19.1 Å². The van der Waals surface area contributed by atoms with Crippen molar-refractivity contribution in [1.82, 2.24) is 5.32 Å². The Morgan fingerprint density at radius 3 is 2.29 bits per heavy atom. The topological polar surface area (TPSA) is 49.3 Å². The Labute approximate surface area is 96.3 Å². The summed E-state index contributed by atoms with van der Waals surface area (Å²) in [4.78, 5) is 11.0. The first-order chi connectivity index (χ1) is 7.93. The zero-order valence-corrected chi connectivity index (χ0v) is 8.92. The number of carbonyl (C=O) groups is 1. The van der Waals surface area contributed by atoms with Gasteiger partial charge in [-0.2, -0.15) is 13.2 Å². The van der Waals surface area contributed by atoms with E-state index in [0.717, 1.165) is 12.1 Å². The number of hydrogen-bond donors (Lipinski definition) is 2. The van der Waals surface area contributed by atoms with Crippen LogP contribution in [0.15, 0.2) is 24.3 Å². The molecule has 0 heterocycles. The number of halogens is 3. The molecule has 0 aromatic heterocycles. The van der Waals surface area contributed by atoms with Gasteiger partial charge < -0.3 is 10.4 Å². The minimum atomic E-state index is -4.35. The molecule has 0 aliphatic heterocycles. The Kier molecular flexibility index (Phi) is 4.51. The molecule has 6 heteroatoms. The number of benzene rings is 1. The Balaban J connectivity index is 2.54. The molecule has 0 aliphatic carbocycles. The Morgan fingerprint density at radius 2 is 1.82 bits per heavy atom. The van der Waals surface area contributed by atoms with Crippen molar-refractivity contribution in [3.05, 3.63) is 35.4 Å². The fourth-order valence-corrected chi connectivity index (χ4v) is 1.20. The highest BCUT2D eigenvalue weighted by Gasteiger charge is 2.29. The minimum Gasteiger partial charge on any atom is -0.396 e. The third-order valence-corrected chi connectivity index (χ3v) is 2.11. The van der Waals surface area contributed by atoms with E-state index >= 15 is 0 Å². The fourth-order valence-electron chi connectivity index (χ4n) is 1.20. The third-order valence-electron chi connectivity index (χ3n) is 2.11. The smallest absolute Gasteiger partial charge is 0.396 e. The zero-order valence-electron chi connectivity index (χ0n) is 8.92. The molecule has 0 atom stereocenters. The van der Waals surface area contributed by atoms with Crippen molar-refractivity contribution < 1.29 is 23.1 Å². The first-order valence-corrected chi connectivity index (χ1v) is 4.97. The molecule has 1 rings (SSSR count). The summed E-state index contributed by atoms with van der Waals surface area (Å²) in [5.41, 5.74) is -0.146. The van der Waals surface area contributed by atoms with Crippen LogP contribution in [-0.4, -0.2) is 17.6 Å². The normalized spacial score (nSPS) is 11.3. The zero-order chi connectivity index (χ0) is 12.9. The first kappa shape index (κ1) is 13.5. The van der Waals surface area contributed by atoms with Gasteiger partial charge in [0, 0.05) is 13.0 Å². The van der Waals surface area contributed by atoms with Gasteiger partial charge in [-0.25, -0.2) is 0 Å². The number of carbonyl (C=O) groups excluding carboxylic acids is 1. The summed E-state index contributed by atoms with van der Waals surface area (Å²) in [7, 11) is 0. The molecular formula is C11H12F3NO2. The molecule has 1 aromatic carbocycles. The molecule has 0 bridgehead atoms. The van der Waals surface area contributed by atoms with Gasteiger partial charge in [-0.1, -0.05) is 12.1 Å². The predicted octanol–water partition coefficient (Wildman–Crippen LogP) is 1.70. The maximum atomic E-state index is 12.2. The molecule has 17 heavy (non-hydrogen) atoms. The molecular weight excluding hydrogens is 235 g/mol. The molecule has 3 nitrogen and oxygen atoms in total. The van der Waals surface area contributed by atoms with Gasteiger partial charge in [0.1, 0.15) is 0 Å². The fraction of sp³-hybridized carbons (Fsp3) is 0.364. The van der Waals surface area contributed by atoms with Crippen molar-refractivity contribution in [2.24, 2.45) is 0 Å². The summed E-state index contributed by atoms with van der Waals surface area (Å²) in [5.74, 6) is -0.340. The van der Waals surface area contributed by atoms with Crippen LogP contribution in [0.5, 0.6) is 0 Å². The maximum absolute atomic E-state index is 12.2. The largest absolute Gasteiger partial charge is 0.416 e. The van der Waals surface area contributed by atoms with E-state index in [2.05, 4.69) is 5.32 Å². The van der Waals surface area contributed by atoms with Gasteiger partial charge in [0.15, 0.2) is 0 Å². The summed E-state index contributed by atoms with van der Waals surface area (Å²) in [6.45, 7) is -0.101. The number of hydrogen-bond acceptors (Lipinski definition) is 2. The van der Waals surface area contributed by atoms with Gasteiger partial charge in [-0.05, 0) is 17.7 Å². The minimum absolute atomic E-state index is 0.0133. The summed E-state index contributed by atoms with van der Waals surface area (Å²) >= 11 is 0. The lowest BCUT2D eigenvalue weighted by molar-refractivity contribution is -0.137. The van der Waals surface area contributed by atoms with Crippen LogP contribution in [0.25, 0.3) is 0 Å². The molecule has 0 radical (unpaired) electrons. The summed E-state index contributed by atoms with van der Waals surface area (Å²) in [6, 6.07) is 4.55. The van der Waals surface area contributed by atoms with E-state index in [1.54, 1.807) is 0 Å². The molecule has 94 valence electrons. The highest BCUT2D eigenvalue weighted by molar-refractivity contribution is 5.75. The Bertz CT molecular complexity index is 373. The van der Waals surface area contributed by atoms with Gasteiger partial charge >= 0.3 is 6.18 Å². The van der Waals surface area contributed by atoms with Crippen LogP contribution in [0.1, 0.15) is 17.5 Å². The van der Waals surface area contributed by atoms with Crippen LogP contribution in [0, 0.1) is 0 Å². The van der Waals surface area contributed by atoms with Gasteiger partial charge in [0.2, 0.25) is 5.91 Å². The lowest BCUT2D eigenvalue weighted by Crippen LogP contribution is -2.23. The second-order valence-corrected chi connectivity index (χ2v) is 3.45. The van der Waals surface area contributed by atoms with Crippen LogP contribution >= 0.6 is 0 Å². The second-order valence-electron chi connectivity index (χ2n) is 3.45. The van der Waals surface area contributed by atoms with Crippen molar-refractivity contribution in [3.63, 3.8) is 0 Å². The van der Waals surface area contributed by atoms with Crippen molar-refractivity contribution in [1.29, 1.82) is 0 Å². The van der Waals surface area contributed by atoms with Crippen LogP contribution in [0.4, 0.5) is 13.2 Å². The molecule has 0 aliphatic rings. The Hall–Kier alpha value is -1.56. The van der Waals surface area contributed by atoms with E-state index in [0.29, 0.717) is 5.56 Å². The first-order valence-electron chi connectivity index (χ1n) is 4.97. The molecule has 0 spiro atoms. The molecule has 2 N–H and O–H groups in total. The average molecular weight is 247 g/mol. The van der Waals surface area contributed by atoms with Crippen molar-refractivity contribution in [2.75, 3.05) is 6.61 Å². The summed E-state index contributed by atoms with van der Waals surface area (Å²) < 4.78 is 36.7. The maximum Gasteiger partial charge on any atom is 0.416 e. The molecule has 0 saturated carbocycles. The predicted molar refractivity (Wildman–Crippen MR) is 55.0 cm³/mol. The number of aliphatic hydroxyl groups is 1. The number of alkyl halides is 3. The highest BCUT2D eigenvalue weighted by Crippen LogP contribution is 2.28. The van der Waals surface area contributed by atoms with Crippen molar-refractivity contribution >= 4 is 5.91 Å². The monoisotopic (exact) mass is 247 g/mol. The van der Waals surface area contributed by atoms with E-state index in [4.69, 9.17) is 5.11 Å². The van der Waals surface area contributed by atoms with Crippen LogP contribution in [0.3, 0.4) is 0 Å². The van der Waals surface area contributed by atoms with E-state index < -0.39 is 11.7 Å². The van der Waals surface area contributed by atoms with E-state index in [1.165, 1.54) is 12.1 Å². The lowest BCUT2D eigenvalue weighted by Gasteiger charge is -2.08. The lowest BCUT2D eigenvalue weighted by atomic mass is 10.1. The number of rotatable bonds is 4. The van der Waals surface area contributed by atoms with Gasteiger partial charge in [0.25, 0.3) is 0 Å². The van der Waals surface area contributed by atoms with Crippen molar-refractivity contribution in [3.8, 4) is 0 Å². The molecule has 0 fully saturated rings. The molecule has 1 amide bonds. The molecule has 0 unspecified atom stereocenters. The second kappa shape index (κ2) is 5.67. The van der Waals surface area contributed by atoms with Crippen LogP contribution in [0.2, 0.25) is 0 Å². The third kappa shape index (κ3) is 4.44. The SMILES string of the molecule is O=C(CCO)NCc1ccc(C(F)(F)F)cc1. The molecule has 0 saturated heterocycles.